The van der Waals surface area contributed by atoms with Crippen LogP contribution in [0.25, 0.3) is 0 Å². The van der Waals surface area contributed by atoms with E-state index < -0.39 is 23.4 Å². The van der Waals surface area contributed by atoms with Crippen LogP contribution in [0.15, 0.2) is 48.5 Å². The molecule has 0 fully saturated rings. The highest BCUT2D eigenvalue weighted by atomic mass is 19.4. The van der Waals surface area contributed by atoms with Crippen LogP contribution < -0.4 is 4.74 Å². The molecular weight excluding hydrogens is 317 g/mol. The zero-order valence-electron chi connectivity index (χ0n) is 11.6. The van der Waals surface area contributed by atoms with Gasteiger partial charge < -0.3 is 4.74 Å². The zero-order chi connectivity index (χ0) is 16.7. The minimum absolute atomic E-state index is 0.151. The van der Waals surface area contributed by atoms with Crippen molar-refractivity contribution in [3.63, 3.8) is 0 Å². The van der Waals surface area contributed by atoms with Crippen LogP contribution in [0.4, 0.5) is 27.6 Å². The maximum Gasteiger partial charge on any atom is 0.458 e. The van der Waals surface area contributed by atoms with Gasteiger partial charge in [-0.05, 0) is 12.1 Å². The second-order valence-electron chi connectivity index (χ2n) is 5.00. The van der Waals surface area contributed by atoms with E-state index in [0.717, 1.165) is 17.8 Å². The lowest BCUT2D eigenvalue weighted by molar-refractivity contribution is -0.476. The van der Waals surface area contributed by atoms with E-state index in [1.165, 1.54) is 12.3 Å². The molecule has 1 aliphatic rings. The third-order valence-corrected chi connectivity index (χ3v) is 3.47. The van der Waals surface area contributed by atoms with Gasteiger partial charge in [0.2, 0.25) is 5.69 Å². The molecule has 23 heavy (non-hydrogen) atoms. The molecule has 120 valence electrons. The molecule has 1 aliphatic heterocycles. The average molecular weight is 328 g/mol. The Morgan fingerprint density at radius 1 is 0.870 bits per heavy atom. The fraction of sp³-hybridized carbons (Fsp3) is 0.188. The monoisotopic (exact) mass is 328 g/mol. The molecule has 0 amide bonds. The number of para-hydroxylation sites is 2. The summed E-state index contributed by atoms with van der Waals surface area (Å²) in [5.41, 5.74) is -0.265. The van der Waals surface area contributed by atoms with E-state index in [2.05, 4.69) is 0 Å². The van der Waals surface area contributed by atoms with Crippen molar-refractivity contribution < 1.29 is 31.3 Å². The third-order valence-electron chi connectivity index (χ3n) is 3.47. The Hall–Kier alpha value is -2.44. The van der Waals surface area contributed by atoms with Gasteiger partial charge in [-0.25, -0.2) is 0 Å². The highest BCUT2D eigenvalue weighted by Crippen LogP contribution is 2.48. The van der Waals surface area contributed by atoms with Crippen LogP contribution in [0.5, 0.6) is 5.75 Å². The van der Waals surface area contributed by atoms with Gasteiger partial charge in [0.05, 0.1) is 11.1 Å². The van der Waals surface area contributed by atoms with Gasteiger partial charge in [-0.2, -0.15) is 26.5 Å². The second-order valence-corrected chi connectivity index (χ2v) is 5.00. The van der Waals surface area contributed by atoms with Gasteiger partial charge in [-0.1, -0.05) is 24.3 Å². The molecule has 0 N–H and O–H groups in total. The topological polar surface area (TPSA) is 12.2 Å². The molecule has 7 heteroatoms. The fourth-order valence-corrected chi connectivity index (χ4v) is 2.33. The van der Waals surface area contributed by atoms with Crippen molar-refractivity contribution in [1.82, 2.24) is 0 Å². The fourth-order valence-electron chi connectivity index (χ4n) is 2.33. The molecule has 1 heterocycles. The van der Waals surface area contributed by atoms with Gasteiger partial charge in [0, 0.05) is 12.1 Å². The zero-order valence-corrected chi connectivity index (χ0v) is 11.6. The van der Waals surface area contributed by atoms with E-state index in [4.69, 9.17) is 4.74 Å². The molecule has 0 saturated carbocycles. The van der Waals surface area contributed by atoms with Crippen LogP contribution in [-0.4, -0.2) is 23.7 Å². The van der Waals surface area contributed by atoms with Gasteiger partial charge in [-0.15, -0.1) is 0 Å². The van der Waals surface area contributed by atoms with E-state index in [1.54, 1.807) is 28.8 Å². The summed E-state index contributed by atoms with van der Waals surface area (Å²) in [7, 11) is 0. The molecule has 2 aromatic rings. The molecule has 0 atom stereocenters. The highest BCUT2D eigenvalue weighted by molar-refractivity contribution is 5.82. The number of fused-ring (bicyclic) bond motifs is 1. The third kappa shape index (κ3) is 2.67. The van der Waals surface area contributed by atoms with Crippen LogP contribution in [0, 0.1) is 0 Å². The van der Waals surface area contributed by atoms with Crippen molar-refractivity contribution in [2.75, 3.05) is 6.73 Å². The molecular formula is C16H11F5NO+. The van der Waals surface area contributed by atoms with E-state index in [1.807, 2.05) is 6.07 Å². The number of benzene rings is 2. The van der Waals surface area contributed by atoms with Crippen molar-refractivity contribution in [2.45, 2.75) is 12.1 Å². The van der Waals surface area contributed by atoms with Crippen LogP contribution in [0.3, 0.4) is 0 Å². The van der Waals surface area contributed by atoms with Crippen molar-refractivity contribution >= 4 is 11.9 Å². The molecule has 0 aliphatic carbocycles. The van der Waals surface area contributed by atoms with Crippen molar-refractivity contribution in [2.24, 2.45) is 0 Å². The predicted molar refractivity (Wildman–Crippen MR) is 73.4 cm³/mol. The van der Waals surface area contributed by atoms with Crippen LogP contribution in [0.2, 0.25) is 0 Å². The predicted octanol–water partition coefficient (Wildman–Crippen LogP) is 4.45. The standard InChI is InChI=1S/C16H11F5NO/c17-15(18,16(19,20)21)13-8-4-5-11-9-22(10-23-14(11)13)12-6-2-1-3-7-12/h1-9H,10H2/q+1. The van der Waals surface area contributed by atoms with Crippen molar-refractivity contribution in [1.29, 1.82) is 0 Å². The summed E-state index contributed by atoms with van der Waals surface area (Å²) in [6.07, 6.45) is -4.19. The lowest BCUT2D eigenvalue weighted by Crippen LogP contribution is -2.35. The molecule has 0 bridgehead atoms. The van der Waals surface area contributed by atoms with Gasteiger partial charge in [0.1, 0.15) is 5.75 Å². The summed E-state index contributed by atoms with van der Waals surface area (Å²) >= 11 is 0. The lowest BCUT2D eigenvalue weighted by atomic mass is 10.0. The Kier molecular flexibility index (Phi) is 3.58. The smallest absolute Gasteiger partial charge is 0.434 e. The molecule has 0 unspecified atom stereocenters. The summed E-state index contributed by atoms with van der Waals surface area (Å²) in [5.74, 6) is -5.41. The van der Waals surface area contributed by atoms with Crippen molar-refractivity contribution in [3.05, 3.63) is 59.7 Å². The first-order valence-corrected chi connectivity index (χ1v) is 6.68. The van der Waals surface area contributed by atoms with E-state index in [-0.39, 0.29) is 12.3 Å². The Labute approximate surface area is 128 Å². The number of hydrogen-bond donors (Lipinski definition) is 0. The Bertz CT molecular complexity index is 753. The van der Waals surface area contributed by atoms with E-state index >= 15 is 0 Å². The van der Waals surface area contributed by atoms with Gasteiger partial charge in [0.25, 0.3) is 6.73 Å². The molecule has 0 radical (unpaired) electrons. The normalized spacial score (nSPS) is 14.7. The summed E-state index contributed by atoms with van der Waals surface area (Å²) in [4.78, 5) is 0. The van der Waals surface area contributed by atoms with Crippen molar-refractivity contribution in [3.8, 4) is 5.75 Å². The Morgan fingerprint density at radius 3 is 2.22 bits per heavy atom. The summed E-state index contributed by atoms with van der Waals surface area (Å²) in [6.45, 7) is -0.151. The SMILES string of the molecule is FC(F)(F)C(F)(F)c1cccc2c1OC[N+](c1ccccc1)=C2. The second kappa shape index (κ2) is 5.33. The van der Waals surface area contributed by atoms with Gasteiger partial charge in [0.15, 0.2) is 6.21 Å². The van der Waals surface area contributed by atoms with E-state index in [0.29, 0.717) is 0 Å². The first kappa shape index (κ1) is 15.5. The summed E-state index contributed by atoms with van der Waals surface area (Å²) in [6, 6.07) is 12.3. The Balaban J connectivity index is 2.07. The number of alkyl halides is 5. The quantitative estimate of drug-likeness (QED) is 0.586. The Morgan fingerprint density at radius 2 is 1.57 bits per heavy atom. The molecule has 0 spiro atoms. The maximum absolute atomic E-state index is 13.6. The lowest BCUT2D eigenvalue weighted by Gasteiger charge is -2.24. The van der Waals surface area contributed by atoms with Crippen LogP contribution in [-0.2, 0) is 5.92 Å². The summed E-state index contributed by atoms with van der Waals surface area (Å²) in [5, 5.41) is 0. The van der Waals surface area contributed by atoms with Gasteiger partial charge >= 0.3 is 12.1 Å². The molecule has 2 nitrogen and oxygen atoms in total. The number of hydrogen-bond acceptors (Lipinski definition) is 1. The highest BCUT2D eigenvalue weighted by Gasteiger charge is 2.60. The molecule has 0 saturated heterocycles. The minimum atomic E-state index is -5.68. The summed E-state index contributed by atoms with van der Waals surface area (Å²) < 4.78 is 71.9. The largest absolute Gasteiger partial charge is 0.458 e. The van der Waals surface area contributed by atoms with Crippen LogP contribution >= 0.6 is 0 Å². The first-order chi connectivity index (χ1) is 10.8. The number of rotatable bonds is 2. The molecule has 0 aromatic heterocycles. The minimum Gasteiger partial charge on any atom is -0.434 e. The average Bonchev–Trinajstić information content (AvgIpc) is 2.53. The number of halogens is 5. The number of ether oxygens (including phenoxy) is 1. The first-order valence-electron chi connectivity index (χ1n) is 6.68. The molecule has 3 rings (SSSR count). The van der Waals surface area contributed by atoms with Crippen LogP contribution in [0.1, 0.15) is 11.1 Å². The van der Waals surface area contributed by atoms with E-state index in [9.17, 15) is 22.0 Å². The number of nitrogens with zero attached hydrogens (tertiary/aromatic N) is 1. The molecule has 2 aromatic carbocycles. The maximum atomic E-state index is 13.6. The van der Waals surface area contributed by atoms with Gasteiger partial charge in [-0.3, -0.25) is 0 Å².